The minimum absolute atomic E-state index is 0.0295. The summed E-state index contributed by atoms with van der Waals surface area (Å²) in [7, 11) is 0. The van der Waals surface area contributed by atoms with Crippen molar-refractivity contribution in [1.29, 1.82) is 0 Å². The van der Waals surface area contributed by atoms with E-state index >= 15 is 0 Å². The average Bonchev–Trinajstić information content (AvgIpc) is 2.97. The molecule has 1 aromatic heterocycles. The van der Waals surface area contributed by atoms with Crippen molar-refractivity contribution in [3.8, 4) is 5.75 Å². The van der Waals surface area contributed by atoms with Crippen molar-refractivity contribution in [2.75, 3.05) is 0 Å². The van der Waals surface area contributed by atoms with E-state index < -0.39 is 5.60 Å². The second kappa shape index (κ2) is 7.31. The number of carbonyl (C=O) groups excluding carboxylic acids is 1. The van der Waals surface area contributed by atoms with Gasteiger partial charge in [-0.15, -0.1) is 0 Å². The van der Waals surface area contributed by atoms with Gasteiger partial charge in [-0.1, -0.05) is 30.3 Å². The Kier molecular flexibility index (Phi) is 4.70. The Morgan fingerprint density at radius 1 is 0.893 bits per heavy atom. The van der Waals surface area contributed by atoms with Crippen LogP contribution in [-0.4, -0.2) is 16.4 Å². The first-order valence-corrected chi connectivity index (χ1v) is 9.20. The van der Waals surface area contributed by atoms with E-state index in [0.717, 1.165) is 22.4 Å². The van der Waals surface area contributed by atoms with Gasteiger partial charge in [-0.3, -0.25) is 9.78 Å². The quantitative estimate of drug-likeness (QED) is 0.640. The summed E-state index contributed by atoms with van der Waals surface area (Å²) in [6.45, 7) is 4.09. The minimum atomic E-state index is -0.892. The molecule has 0 N–H and O–H groups in total. The number of aromatic nitrogens is 1. The monoisotopic (exact) mass is 371 g/mol. The lowest BCUT2D eigenvalue weighted by molar-refractivity contribution is -0.125. The molecule has 3 aromatic rings. The molecule has 0 bridgehead atoms. The summed E-state index contributed by atoms with van der Waals surface area (Å²) in [5.41, 5.74) is 2.46. The zero-order chi connectivity index (χ0) is 19.6. The molecule has 2 aromatic carbocycles. The summed E-state index contributed by atoms with van der Waals surface area (Å²) in [6.07, 6.45) is 3.36. The van der Waals surface area contributed by atoms with Gasteiger partial charge < -0.3 is 9.47 Å². The molecule has 28 heavy (non-hydrogen) atoms. The number of hydrogen-bond acceptors (Lipinski definition) is 4. The molecule has 0 aliphatic carbocycles. The summed E-state index contributed by atoms with van der Waals surface area (Å²) in [5, 5.41) is 0. The molecule has 0 atom stereocenters. The fraction of sp³-hybridized carbons (Fsp3) is 0.167. The van der Waals surface area contributed by atoms with E-state index in [4.69, 9.17) is 9.47 Å². The number of nitrogens with zero attached hydrogens (tertiary/aromatic N) is 1. The fourth-order valence-electron chi connectivity index (χ4n) is 3.18. The zero-order valence-electron chi connectivity index (χ0n) is 15.9. The van der Waals surface area contributed by atoms with E-state index in [9.17, 15) is 4.79 Å². The molecule has 2 heterocycles. The first-order chi connectivity index (χ1) is 13.5. The Bertz CT molecular complexity index is 1010. The maximum absolute atomic E-state index is 12.9. The van der Waals surface area contributed by atoms with Crippen LogP contribution < -0.4 is 4.74 Å². The molecule has 0 radical (unpaired) electrons. The summed E-state index contributed by atoms with van der Waals surface area (Å²) in [4.78, 5) is 17.0. The molecule has 0 saturated carbocycles. The third kappa shape index (κ3) is 3.54. The predicted octanol–water partition coefficient (Wildman–Crippen LogP) is 4.91. The molecule has 0 spiro atoms. The summed E-state index contributed by atoms with van der Waals surface area (Å²) in [5.74, 6) is 1.33. The number of carbonyl (C=O) groups is 1. The largest absolute Gasteiger partial charge is 0.489 e. The number of rotatable bonds is 5. The predicted molar refractivity (Wildman–Crippen MR) is 108 cm³/mol. The highest BCUT2D eigenvalue weighted by atomic mass is 16.5. The number of ether oxygens (including phenoxy) is 2. The maximum Gasteiger partial charge on any atom is 0.210 e. The van der Waals surface area contributed by atoms with Gasteiger partial charge in [0.2, 0.25) is 5.78 Å². The third-order valence-electron chi connectivity index (χ3n) is 4.69. The van der Waals surface area contributed by atoms with Crippen LogP contribution in [0.4, 0.5) is 0 Å². The highest BCUT2D eigenvalue weighted by Gasteiger charge is 2.42. The molecule has 0 unspecified atom stereocenters. The molecule has 1 aliphatic rings. The molecule has 4 nitrogen and oxygen atoms in total. The van der Waals surface area contributed by atoms with Crippen molar-refractivity contribution in [2.24, 2.45) is 0 Å². The minimum Gasteiger partial charge on any atom is -0.489 e. The van der Waals surface area contributed by atoms with Gasteiger partial charge in [0, 0.05) is 18.0 Å². The Labute approximate surface area is 164 Å². The van der Waals surface area contributed by atoms with Crippen LogP contribution in [0.3, 0.4) is 0 Å². The normalized spacial score (nSPS) is 15.4. The van der Waals surface area contributed by atoms with Crippen molar-refractivity contribution in [3.63, 3.8) is 0 Å². The van der Waals surface area contributed by atoms with E-state index in [1.54, 1.807) is 26.2 Å². The molecular weight excluding hydrogens is 350 g/mol. The molecule has 0 amide bonds. The van der Waals surface area contributed by atoms with E-state index in [0.29, 0.717) is 17.9 Å². The first kappa shape index (κ1) is 18.0. The third-order valence-corrected chi connectivity index (χ3v) is 4.69. The average molecular weight is 371 g/mol. The SMILES string of the molecule is CC1(C)OC(c2ccc(OCc3ccccc3)cc2)=C(c2ccncc2)C1=O. The van der Waals surface area contributed by atoms with Crippen molar-refractivity contribution < 1.29 is 14.3 Å². The lowest BCUT2D eigenvalue weighted by Gasteiger charge is -2.18. The van der Waals surface area contributed by atoms with E-state index in [-0.39, 0.29) is 5.78 Å². The van der Waals surface area contributed by atoms with Gasteiger partial charge in [0.15, 0.2) is 5.60 Å². The number of ketones is 1. The maximum atomic E-state index is 12.9. The van der Waals surface area contributed by atoms with Crippen molar-refractivity contribution in [1.82, 2.24) is 4.98 Å². The van der Waals surface area contributed by atoms with Crippen LogP contribution in [0.15, 0.2) is 79.1 Å². The van der Waals surface area contributed by atoms with Crippen molar-refractivity contribution in [3.05, 3.63) is 95.8 Å². The van der Waals surface area contributed by atoms with Gasteiger partial charge in [-0.05, 0) is 61.4 Å². The van der Waals surface area contributed by atoms with E-state index in [1.165, 1.54) is 0 Å². The van der Waals surface area contributed by atoms with Crippen LogP contribution >= 0.6 is 0 Å². The van der Waals surface area contributed by atoms with Crippen LogP contribution in [0.2, 0.25) is 0 Å². The smallest absolute Gasteiger partial charge is 0.210 e. The lowest BCUT2D eigenvalue weighted by atomic mass is 9.93. The van der Waals surface area contributed by atoms with Crippen molar-refractivity contribution in [2.45, 2.75) is 26.1 Å². The lowest BCUT2D eigenvalue weighted by Crippen LogP contribution is -2.29. The molecule has 140 valence electrons. The Morgan fingerprint density at radius 3 is 2.25 bits per heavy atom. The van der Waals surface area contributed by atoms with Crippen molar-refractivity contribution >= 4 is 17.1 Å². The molecule has 0 fully saturated rings. The number of benzene rings is 2. The molecule has 0 saturated heterocycles. The van der Waals surface area contributed by atoms with Crippen LogP contribution in [0, 0.1) is 0 Å². The van der Waals surface area contributed by atoms with Gasteiger partial charge in [0.25, 0.3) is 0 Å². The second-order valence-electron chi connectivity index (χ2n) is 7.18. The highest BCUT2D eigenvalue weighted by molar-refractivity contribution is 6.32. The van der Waals surface area contributed by atoms with Gasteiger partial charge in [-0.25, -0.2) is 0 Å². The van der Waals surface area contributed by atoms with Gasteiger partial charge in [0.1, 0.15) is 18.1 Å². The standard InChI is InChI=1S/C24H21NO3/c1-24(2)23(26)21(18-12-14-25-15-13-18)22(28-24)19-8-10-20(11-9-19)27-16-17-6-4-3-5-7-17/h3-15H,16H2,1-2H3. The summed E-state index contributed by atoms with van der Waals surface area (Å²) < 4.78 is 11.9. The summed E-state index contributed by atoms with van der Waals surface area (Å²) in [6, 6.07) is 21.3. The Morgan fingerprint density at radius 2 is 1.57 bits per heavy atom. The first-order valence-electron chi connectivity index (χ1n) is 9.20. The zero-order valence-corrected chi connectivity index (χ0v) is 15.9. The van der Waals surface area contributed by atoms with Gasteiger partial charge >= 0.3 is 0 Å². The van der Waals surface area contributed by atoms with E-state index in [1.807, 2.05) is 66.7 Å². The van der Waals surface area contributed by atoms with Crippen LogP contribution in [-0.2, 0) is 16.1 Å². The Hall–Kier alpha value is -3.40. The van der Waals surface area contributed by atoms with Gasteiger partial charge in [-0.2, -0.15) is 0 Å². The Balaban J connectivity index is 1.61. The molecular formula is C24H21NO3. The van der Waals surface area contributed by atoms with Crippen LogP contribution in [0.5, 0.6) is 5.75 Å². The van der Waals surface area contributed by atoms with Crippen LogP contribution in [0.1, 0.15) is 30.5 Å². The topological polar surface area (TPSA) is 48.4 Å². The second-order valence-corrected chi connectivity index (χ2v) is 7.18. The number of Topliss-reactive ketones (excluding diaryl/α,β-unsaturated/α-hetero) is 1. The van der Waals surface area contributed by atoms with E-state index in [2.05, 4.69) is 4.98 Å². The highest BCUT2D eigenvalue weighted by Crippen LogP contribution is 2.41. The molecule has 1 aliphatic heterocycles. The summed E-state index contributed by atoms with van der Waals surface area (Å²) >= 11 is 0. The molecule has 4 rings (SSSR count). The fourth-order valence-corrected chi connectivity index (χ4v) is 3.18. The van der Waals surface area contributed by atoms with Crippen LogP contribution in [0.25, 0.3) is 11.3 Å². The number of pyridine rings is 1. The number of hydrogen-bond donors (Lipinski definition) is 0. The van der Waals surface area contributed by atoms with Gasteiger partial charge in [0.05, 0.1) is 5.57 Å². The molecule has 4 heteroatoms.